The summed E-state index contributed by atoms with van der Waals surface area (Å²) in [5, 5.41) is 0. The van der Waals surface area contributed by atoms with Crippen molar-refractivity contribution >= 4 is 29.6 Å². The van der Waals surface area contributed by atoms with Crippen LogP contribution >= 0.6 is 23.5 Å². The SMILES string of the molecule is CSCC(=Cc1ccccc1)CSC. The lowest BCUT2D eigenvalue weighted by atomic mass is 10.1. The van der Waals surface area contributed by atoms with Gasteiger partial charge in [0.1, 0.15) is 0 Å². The number of hydrogen-bond acceptors (Lipinski definition) is 2. The highest BCUT2D eigenvalue weighted by molar-refractivity contribution is 7.99. The Morgan fingerprint density at radius 1 is 1.07 bits per heavy atom. The first-order valence-corrected chi connectivity index (χ1v) is 7.38. The molecule has 0 aliphatic carbocycles. The normalized spacial score (nSPS) is 9.86. The molecule has 0 N–H and O–H groups in total. The van der Waals surface area contributed by atoms with E-state index in [2.05, 4.69) is 48.9 Å². The Labute approximate surface area is 95.2 Å². The average molecular weight is 224 g/mol. The number of benzene rings is 1. The van der Waals surface area contributed by atoms with Crippen molar-refractivity contribution < 1.29 is 0 Å². The largest absolute Gasteiger partial charge is 0.161 e. The van der Waals surface area contributed by atoms with Gasteiger partial charge in [-0.3, -0.25) is 0 Å². The van der Waals surface area contributed by atoms with Gasteiger partial charge in [0.25, 0.3) is 0 Å². The fourth-order valence-electron chi connectivity index (χ4n) is 1.28. The second-order valence-electron chi connectivity index (χ2n) is 3.08. The molecule has 0 unspecified atom stereocenters. The molecule has 0 heterocycles. The van der Waals surface area contributed by atoms with Crippen molar-refractivity contribution in [2.24, 2.45) is 0 Å². The van der Waals surface area contributed by atoms with E-state index >= 15 is 0 Å². The zero-order valence-electron chi connectivity index (χ0n) is 8.69. The highest BCUT2D eigenvalue weighted by Crippen LogP contribution is 2.14. The minimum absolute atomic E-state index is 1.13. The Morgan fingerprint density at radius 2 is 1.64 bits per heavy atom. The predicted molar refractivity (Wildman–Crippen MR) is 71.2 cm³/mol. The van der Waals surface area contributed by atoms with Crippen molar-refractivity contribution in [1.29, 1.82) is 0 Å². The Kier molecular flexibility index (Phi) is 5.88. The first kappa shape index (κ1) is 11.7. The summed E-state index contributed by atoms with van der Waals surface area (Å²) in [4.78, 5) is 0. The quantitative estimate of drug-likeness (QED) is 0.746. The topological polar surface area (TPSA) is 0 Å². The molecule has 0 aromatic heterocycles. The maximum atomic E-state index is 2.30. The molecule has 0 saturated heterocycles. The number of hydrogen-bond donors (Lipinski definition) is 0. The summed E-state index contributed by atoms with van der Waals surface area (Å²) < 4.78 is 0. The Balaban J connectivity index is 2.71. The molecule has 76 valence electrons. The summed E-state index contributed by atoms with van der Waals surface area (Å²) in [6, 6.07) is 10.5. The molecule has 0 aliphatic rings. The van der Waals surface area contributed by atoms with Crippen LogP contribution in [0.2, 0.25) is 0 Å². The summed E-state index contributed by atoms with van der Waals surface area (Å²) in [6.45, 7) is 0. The summed E-state index contributed by atoms with van der Waals surface area (Å²) >= 11 is 3.77. The highest BCUT2D eigenvalue weighted by atomic mass is 32.2. The molecular formula is C12H16S2. The first-order valence-electron chi connectivity index (χ1n) is 4.59. The molecule has 0 spiro atoms. The van der Waals surface area contributed by atoms with E-state index in [9.17, 15) is 0 Å². The zero-order valence-corrected chi connectivity index (χ0v) is 10.3. The molecule has 2 heteroatoms. The molecule has 0 radical (unpaired) electrons. The second-order valence-corrected chi connectivity index (χ2v) is 4.81. The Hall–Kier alpha value is -0.340. The van der Waals surface area contributed by atoms with E-state index in [0.29, 0.717) is 0 Å². The van der Waals surface area contributed by atoms with E-state index in [1.807, 2.05) is 23.5 Å². The molecule has 0 bridgehead atoms. The van der Waals surface area contributed by atoms with Gasteiger partial charge in [-0.1, -0.05) is 36.4 Å². The van der Waals surface area contributed by atoms with Crippen molar-refractivity contribution in [1.82, 2.24) is 0 Å². The van der Waals surface area contributed by atoms with Crippen molar-refractivity contribution in [3.8, 4) is 0 Å². The number of rotatable bonds is 5. The van der Waals surface area contributed by atoms with Gasteiger partial charge in [0.05, 0.1) is 0 Å². The molecule has 0 fully saturated rings. The van der Waals surface area contributed by atoms with Crippen LogP contribution in [0, 0.1) is 0 Å². The molecule has 1 rings (SSSR count). The van der Waals surface area contributed by atoms with Crippen molar-refractivity contribution in [2.45, 2.75) is 0 Å². The zero-order chi connectivity index (χ0) is 10.2. The fourth-order valence-corrected chi connectivity index (χ4v) is 2.52. The summed E-state index contributed by atoms with van der Waals surface area (Å²) in [7, 11) is 0. The van der Waals surface area contributed by atoms with E-state index in [1.165, 1.54) is 11.1 Å². The van der Waals surface area contributed by atoms with E-state index < -0.39 is 0 Å². The molecule has 1 aromatic carbocycles. The fraction of sp³-hybridized carbons (Fsp3) is 0.333. The van der Waals surface area contributed by atoms with E-state index in [-0.39, 0.29) is 0 Å². The smallest absolute Gasteiger partial charge is 0.0152 e. The monoisotopic (exact) mass is 224 g/mol. The van der Waals surface area contributed by atoms with Gasteiger partial charge in [0.2, 0.25) is 0 Å². The highest BCUT2D eigenvalue weighted by Gasteiger charge is 1.95. The van der Waals surface area contributed by atoms with Gasteiger partial charge < -0.3 is 0 Å². The van der Waals surface area contributed by atoms with Gasteiger partial charge in [0.15, 0.2) is 0 Å². The lowest BCUT2D eigenvalue weighted by Gasteiger charge is -2.03. The Morgan fingerprint density at radius 3 is 2.14 bits per heavy atom. The minimum atomic E-state index is 1.13. The van der Waals surface area contributed by atoms with Crippen LogP contribution in [0.15, 0.2) is 35.9 Å². The molecule has 0 aliphatic heterocycles. The van der Waals surface area contributed by atoms with Gasteiger partial charge in [-0.2, -0.15) is 23.5 Å². The van der Waals surface area contributed by atoms with E-state index in [0.717, 1.165) is 11.5 Å². The van der Waals surface area contributed by atoms with E-state index in [4.69, 9.17) is 0 Å². The van der Waals surface area contributed by atoms with Crippen molar-refractivity contribution in [2.75, 3.05) is 24.0 Å². The van der Waals surface area contributed by atoms with Gasteiger partial charge >= 0.3 is 0 Å². The third-order valence-electron chi connectivity index (χ3n) is 1.83. The van der Waals surface area contributed by atoms with Gasteiger partial charge in [-0.25, -0.2) is 0 Å². The third-order valence-corrected chi connectivity index (χ3v) is 3.15. The molecule has 1 aromatic rings. The summed E-state index contributed by atoms with van der Waals surface area (Å²) in [5.41, 5.74) is 2.82. The molecule has 0 nitrogen and oxygen atoms in total. The Bertz CT molecular complexity index is 270. The first-order chi connectivity index (χ1) is 6.86. The second kappa shape index (κ2) is 7.02. The van der Waals surface area contributed by atoms with Crippen LogP contribution in [0.3, 0.4) is 0 Å². The van der Waals surface area contributed by atoms with Gasteiger partial charge in [-0.15, -0.1) is 0 Å². The molecule has 14 heavy (non-hydrogen) atoms. The summed E-state index contributed by atoms with van der Waals surface area (Å²) in [6.07, 6.45) is 6.60. The van der Waals surface area contributed by atoms with Gasteiger partial charge in [0, 0.05) is 11.5 Å². The maximum Gasteiger partial charge on any atom is 0.0152 e. The van der Waals surface area contributed by atoms with Crippen LogP contribution in [0.4, 0.5) is 0 Å². The van der Waals surface area contributed by atoms with Crippen LogP contribution in [-0.4, -0.2) is 24.0 Å². The van der Waals surface area contributed by atoms with Crippen LogP contribution in [0.25, 0.3) is 6.08 Å². The predicted octanol–water partition coefficient (Wildman–Crippen LogP) is 3.80. The van der Waals surface area contributed by atoms with Crippen LogP contribution in [0.5, 0.6) is 0 Å². The molecular weight excluding hydrogens is 208 g/mol. The number of thioether (sulfide) groups is 2. The molecule has 0 atom stereocenters. The maximum absolute atomic E-state index is 2.30. The minimum Gasteiger partial charge on any atom is -0.161 e. The van der Waals surface area contributed by atoms with E-state index in [1.54, 1.807) is 0 Å². The molecule has 0 amide bonds. The standard InChI is InChI=1S/C12H16S2/c1-13-9-12(10-14-2)8-11-6-4-3-5-7-11/h3-8H,9-10H2,1-2H3. The summed E-state index contributed by atoms with van der Waals surface area (Å²) in [5.74, 6) is 2.27. The average Bonchev–Trinajstić information content (AvgIpc) is 2.20. The van der Waals surface area contributed by atoms with Crippen LogP contribution < -0.4 is 0 Å². The van der Waals surface area contributed by atoms with Crippen molar-refractivity contribution in [3.63, 3.8) is 0 Å². The van der Waals surface area contributed by atoms with Crippen molar-refractivity contribution in [3.05, 3.63) is 41.5 Å². The van der Waals surface area contributed by atoms with Crippen LogP contribution in [-0.2, 0) is 0 Å². The third kappa shape index (κ3) is 4.25. The lowest BCUT2D eigenvalue weighted by molar-refractivity contribution is 1.45. The van der Waals surface area contributed by atoms with Gasteiger partial charge in [-0.05, 0) is 23.6 Å². The van der Waals surface area contributed by atoms with Crippen LogP contribution in [0.1, 0.15) is 5.56 Å². The lowest BCUT2D eigenvalue weighted by Crippen LogP contribution is -1.90. The molecule has 0 saturated carbocycles.